The van der Waals surface area contributed by atoms with Crippen LogP contribution in [-0.4, -0.2) is 9.55 Å². The number of benzene rings is 1. The lowest BCUT2D eigenvalue weighted by atomic mass is 10.1. The smallest absolute Gasteiger partial charge is 0.159 e. The van der Waals surface area contributed by atoms with Crippen molar-refractivity contribution in [2.24, 2.45) is 0 Å². The molecule has 0 bridgehead atoms. The number of terminal acetylenes is 1. The van der Waals surface area contributed by atoms with E-state index in [9.17, 15) is 8.78 Å². The molecule has 0 fully saturated rings. The van der Waals surface area contributed by atoms with Gasteiger partial charge < -0.3 is 10.3 Å². The highest BCUT2D eigenvalue weighted by Gasteiger charge is 2.18. The van der Waals surface area contributed by atoms with Gasteiger partial charge in [-0.1, -0.05) is 19.8 Å². The zero-order valence-electron chi connectivity index (χ0n) is 11.3. The molecule has 0 atom stereocenters. The summed E-state index contributed by atoms with van der Waals surface area (Å²) in [5.41, 5.74) is 6.89. The molecule has 0 aliphatic heterocycles. The van der Waals surface area contributed by atoms with Crippen LogP contribution >= 0.6 is 0 Å². The summed E-state index contributed by atoms with van der Waals surface area (Å²) in [5.74, 6) is 1.88. The van der Waals surface area contributed by atoms with Crippen LogP contribution in [0.1, 0.15) is 25.6 Å². The maximum Gasteiger partial charge on any atom is 0.159 e. The van der Waals surface area contributed by atoms with Gasteiger partial charge in [0, 0.05) is 11.5 Å². The number of nitrogen functional groups attached to an aromatic ring is 1. The predicted molar refractivity (Wildman–Crippen MR) is 74.9 cm³/mol. The van der Waals surface area contributed by atoms with E-state index in [0.29, 0.717) is 17.1 Å². The lowest BCUT2D eigenvalue weighted by Gasteiger charge is -2.08. The van der Waals surface area contributed by atoms with Gasteiger partial charge in [-0.25, -0.2) is 13.8 Å². The lowest BCUT2D eigenvalue weighted by Crippen LogP contribution is -2.07. The molecule has 2 rings (SSSR count). The van der Waals surface area contributed by atoms with Gasteiger partial charge in [-0.05, 0) is 18.2 Å². The zero-order chi connectivity index (χ0) is 14.9. The van der Waals surface area contributed by atoms with Crippen LogP contribution in [0.3, 0.4) is 0 Å². The second kappa shape index (κ2) is 5.33. The third-order valence-corrected chi connectivity index (χ3v) is 3.00. The van der Waals surface area contributed by atoms with Crippen molar-refractivity contribution in [3.8, 4) is 23.6 Å². The summed E-state index contributed by atoms with van der Waals surface area (Å²) in [4.78, 5) is 4.42. The van der Waals surface area contributed by atoms with Crippen molar-refractivity contribution in [3.05, 3.63) is 35.7 Å². The molecule has 0 amide bonds. The molecule has 1 aromatic heterocycles. The predicted octanol–water partition coefficient (Wildman–Crippen LogP) is 3.17. The standard InChI is InChI=1S/C15H15F2N3/c1-4-7-20-14(18)13(19-15(20)9(2)3)10-5-6-11(16)12(17)8-10/h1,5-6,8-9H,7,18H2,2-3H3. The van der Waals surface area contributed by atoms with E-state index in [2.05, 4.69) is 10.9 Å². The molecule has 104 valence electrons. The van der Waals surface area contributed by atoms with Gasteiger partial charge in [0.25, 0.3) is 0 Å². The Balaban J connectivity index is 2.60. The summed E-state index contributed by atoms with van der Waals surface area (Å²) >= 11 is 0. The number of hydrogen-bond donors (Lipinski definition) is 1. The Hall–Kier alpha value is -2.35. The third-order valence-electron chi connectivity index (χ3n) is 3.00. The maximum atomic E-state index is 13.3. The van der Waals surface area contributed by atoms with Gasteiger partial charge in [-0.3, -0.25) is 0 Å². The van der Waals surface area contributed by atoms with E-state index >= 15 is 0 Å². The monoisotopic (exact) mass is 275 g/mol. The van der Waals surface area contributed by atoms with E-state index in [1.807, 2.05) is 13.8 Å². The number of nitrogens with two attached hydrogens (primary N) is 1. The minimum Gasteiger partial charge on any atom is -0.383 e. The fourth-order valence-corrected chi connectivity index (χ4v) is 2.04. The average molecular weight is 275 g/mol. The molecule has 1 aromatic carbocycles. The zero-order valence-corrected chi connectivity index (χ0v) is 11.3. The summed E-state index contributed by atoms with van der Waals surface area (Å²) in [6.45, 7) is 4.21. The number of anilines is 1. The summed E-state index contributed by atoms with van der Waals surface area (Å²) in [7, 11) is 0. The SMILES string of the molecule is C#CCn1c(C(C)C)nc(-c2ccc(F)c(F)c2)c1N. The Labute approximate surface area is 116 Å². The minimum atomic E-state index is -0.931. The Bertz CT molecular complexity index is 681. The Morgan fingerprint density at radius 2 is 2.05 bits per heavy atom. The molecule has 0 unspecified atom stereocenters. The van der Waals surface area contributed by atoms with Gasteiger partial charge in [-0.15, -0.1) is 6.42 Å². The van der Waals surface area contributed by atoms with Gasteiger partial charge in [0.05, 0.1) is 6.54 Å². The molecule has 5 heteroatoms. The van der Waals surface area contributed by atoms with Crippen molar-refractivity contribution in [3.63, 3.8) is 0 Å². The van der Waals surface area contributed by atoms with Crippen molar-refractivity contribution in [2.75, 3.05) is 5.73 Å². The second-order valence-electron chi connectivity index (χ2n) is 4.78. The van der Waals surface area contributed by atoms with Crippen LogP contribution in [0.2, 0.25) is 0 Å². The van der Waals surface area contributed by atoms with E-state index in [1.54, 1.807) is 4.57 Å². The van der Waals surface area contributed by atoms with E-state index in [1.165, 1.54) is 6.07 Å². The Kier molecular flexibility index (Phi) is 3.75. The molecular formula is C15H15F2N3. The van der Waals surface area contributed by atoms with E-state index in [0.717, 1.165) is 18.0 Å². The van der Waals surface area contributed by atoms with Crippen molar-refractivity contribution < 1.29 is 8.78 Å². The van der Waals surface area contributed by atoms with Crippen molar-refractivity contribution in [1.29, 1.82) is 0 Å². The maximum absolute atomic E-state index is 13.3. The fraction of sp³-hybridized carbons (Fsp3) is 0.267. The topological polar surface area (TPSA) is 43.8 Å². The molecular weight excluding hydrogens is 260 g/mol. The molecule has 0 radical (unpaired) electrons. The van der Waals surface area contributed by atoms with Crippen LogP contribution < -0.4 is 5.73 Å². The van der Waals surface area contributed by atoms with E-state index in [4.69, 9.17) is 12.2 Å². The van der Waals surface area contributed by atoms with Crippen molar-refractivity contribution in [2.45, 2.75) is 26.3 Å². The second-order valence-corrected chi connectivity index (χ2v) is 4.78. The largest absolute Gasteiger partial charge is 0.383 e. The Morgan fingerprint density at radius 3 is 2.60 bits per heavy atom. The first kappa shape index (κ1) is 14.1. The van der Waals surface area contributed by atoms with E-state index in [-0.39, 0.29) is 12.5 Å². The number of hydrogen-bond acceptors (Lipinski definition) is 2. The molecule has 1 heterocycles. The average Bonchev–Trinajstić information content (AvgIpc) is 2.72. The lowest BCUT2D eigenvalue weighted by molar-refractivity contribution is 0.509. The molecule has 2 N–H and O–H groups in total. The van der Waals surface area contributed by atoms with Crippen molar-refractivity contribution in [1.82, 2.24) is 9.55 Å². The first-order valence-corrected chi connectivity index (χ1v) is 6.20. The summed E-state index contributed by atoms with van der Waals surface area (Å²) in [6, 6.07) is 3.58. The molecule has 0 saturated heterocycles. The molecule has 0 aliphatic carbocycles. The number of imidazole rings is 1. The summed E-state index contributed by atoms with van der Waals surface area (Å²) in [5, 5.41) is 0. The molecule has 2 aromatic rings. The summed E-state index contributed by atoms with van der Waals surface area (Å²) in [6.07, 6.45) is 5.33. The van der Waals surface area contributed by atoms with E-state index < -0.39 is 11.6 Å². The van der Waals surface area contributed by atoms with Gasteiger partial charge in [-0.2, -0.15) is 0 Å². The quantitative estimate of drug-likeness (QED) is 0.874. The molecule has 3 nitrogen and oxygen atoms in total. The number of rotatable bonds is 3. The van der Waals surface area contributed by atoms with Gasteiger partial charge in [0.2, 0.25) is 0 Å². The van der Waals surface area contributed by atoms with Crippen LogP contribution in [0, 0.1) is 24.0 Å². The van der Waals surface area contributed by atoms with Crippen LogP contribution in [0.25, 0.3) is 11.3 Å². The van der Waals surface area contributed by atoms with Crippen LogP contribution in [-0.2, 0) is 6.54 Å². The third kappa shape index (κ3) is 2.37. The fourth-order valence-electron chi connectivity index (χ4n) is 2.04. The molecule has 0 saturated carbocycles. The highest BCUT2D eigenvalue weighted by Crippen LogP contribution is 2.30. The highest BCUT2D eigenvalue weighted by molar-refractivity contribution is 5.71. The number of aromatic nitrogens is 2. The first-order chi connectivity index (χ1) is 9.45. The highest BCUT2D eigenvalue weighted by atomic mass is 19.2. The minimum absolute atomic E-state index is 0.115. The normalized spacial score (nSPS) is 10.8. The first-order valence-electron chi connectivity index (χ1n) is 6.20. The van der Waals surface area contributed by atoms with Gasteiger partial charge in [0.15, 0.2) is 11.6 Å². The number of halogens is 2. The van der Waals surface area contributed by atoms with Gasteiger partial charge >= 0.3 is 0 Å². The molecule has 20 heavy (non-hydrogen) atoms. The summed E-state index contributed by atoms with van der Waals surface area (Å²) < 4.78 is 28.0. The van der Waals surface area contributed by atoms with Gasteiger partial charge in [0.1, 0.15) is 17.3 Å². The van der Waals surface area contributed by atoms with Crippen LogP contribution in [0.4, 0.5) is 14.6 Å². The molecule has 0 spiro atoms. The molecule has 0 aliphatic rings. The Morgan fingerprint density at radius 1 is 1.35 bits per heavy atom. The van der Waals surface area contributed by atoms with Crippen LogP contribution in [0.15, 0.2) is 18.2 Å². The van der Waals surface area contributed by atoms with Crippen LogP contribution in [0.5, 0.6) is 0 Å². The van der Waals surface area contributed by atoms with Crippen molar-refractivity contribution >= 4 is 5.82 Å². The number of nitrogens with zero attached hydrogens (tertiary/aromatic N) is 2.